The zero-order chi connectivity index (χ0) is 19.9. The SMILES string of the molecule is CONc1ncc(C)c(-c2c[nH]c(OC(=O)NC(CO)c3ccccc3)c2)n1. The van der Waals surface area contributed by atoms with Crippen molar-refractivity contribution >= 4 is 12.0 Å². The predicted molar refractivity (Wildman–Crippen MR) is 103 cm³/mol. The Bertz CT molecular complexity index is 929. The molecule has 0 fully saturated rings. The highest BCUT2D eigenvalue weighted by Gasteiger charge is 2.16. The first-order valence-corrected chi connectivity index (χ1v) is 8.56. The van der Waals surface area contributed by atoms with E-state index < -0.39 is 12.1 Å². The van der Waals surface area contributed by atoms with Gasteiger partial charge in [0, 0.05) is 24.0 Å². The number of aromatic nitrogens is 3. The minimum absolute atomic E-state index is 0.246. The van der Waals surface area contributed by atoms with Gasteiger partial charge >= 0.3 is 6.09 Å². The van der Waals surface area contributed by atoms with Crippen molar-refractivity contribution in [3.05, 3.63) is 59.9 Å². The molecule has 3 rings (SSSR count). The van der Waals surface area contributed by atoms with Gasteiger partial charge in [0.15, 0.2) is 0 Å². The molecular weight excluding hydrogens is 362 g/mol. The van der Waals surface area contributed by atoms with Gasteiger partial charge in [-0.1, -0.05) is 30.3 Å². The molecule has 0 aliphatic heterocycles. The van der Waals surface area contributed by atoms with E-state index in [1.54, 1.807) is 18.5 Å². The lowest BCUT2D eigenvalue weighted by Gasteiger charge is -2.15. The number of H-pyrrole nitrogens is 1. The average molecular weight is 383 g/mol. The summed E-state index contributed by atoms with van der Waals surface area (Å²) in [4.78, 5) is 28.4. The van der Waals surface area contributed by atoms with Crippen molar-refractivity contribution < 1.29 is 19.5 Å². The van der Waals surface area contributed by atoms with Gasteiger partial charge in [0.25, 0.3) is 0 Å². The first-order valence-electron chi connectivity index (χ1n) is 8.56. The molecule has 9 nitrogen and oxygen atoms in total. The van der Waals surface area contributed by atoms with E-state index in [-0.39, 0.29) is 12.5 Å². The van der Waals surface area contributed by atoms with Crippen molar-refractivity contribution in [2.45, 2.75) is 13.0 Å². The number of aliphatic hydroxyl groups excluding tert-OH is 1. The van der Waals surface area contributed by atoms with Gasteiger partial charge < -0.3 is 20.1 Å². The number of ether oxygens (including phenoxy) is 1. The van der Waals surface area contributed by atoms with Gasteiger partial charge in [-0.25, -0.2) is 20.2 Å². The van der Waals surface area contributed by atoms with Gasteiger partial charge in [-0.3, -0.25) is 4.84 Å². The number of benzene rings is 1. The minimum atomic E-state index is -0.683. The standard InChI is InChI=1S/C19H21N5O4/c1-12-9-21-18(24-27-2)23-17(12)14-8-16(20-10-14)28-19(26)22-15(11-25)13-6-4-3-5-7-13/h3-10,15,20,25H,11H2,1-2H3,(H,22,26)(H,21,23,24). The molecule has 0 aliphatic carbocycles. The van der Waals surface area contributed by atoms with E-state index in [2.05, 4.69) is 25.7 Å². The molecule has 1 amide bonds. The fourth-order valence-corrected chi connectivity index (χ4v) is 2.64. The summed E-state index contributed by atoms with van der Waals surface area (Å²) in [5.41, 5.74) is 5.60. The quantitative estimate of drug-likeness (QED) is 0.463. The number of rotatable bonds is 7. The highest BCUT2D eigenvalue weighted by Crippen LogP contribution is 2.25. The smallest absolute Gasteiger partial charge is 0.394 e. The van der Waals surface area contributed by atoms with Gasteiger partial charge in [-0.05, 0) is 18.1 Å². The lowest BCUT2D eigenvalue weighted by atomic mass is 10.1. The van der Waals surface area contributed by atoms with Crippen molar-refractivity contribution in [3.8, 4) is 17.1 Å². The van der Waals surface area contributed by atoms with Crippen LogP contribution in [0.2, 0.25) is 0 Å². The first-order chi connectivity index (χ1) is 13.6. The minimum Gasteiger partial charge on any atom is -0.394 e. The maximum Gasteiger partial charge on any atom is 0.414 e. The molecule has 0 radical (unpaired) electrons. The molecule has 4 N–H and O–H groups in total. The van der Waals surface area contributed by atoms with Crippen molar-refractivity contribution in [2.24, 2.45) is 0 Å². The topological polar surface area (TPSA) is 121 Å². The molecule has 0 saturated heterocycles. The van der Waals surface area contributed by atoms with Crippen LogP contribution in [0.3, 0.4) is 0 Å². The molecule has 9 heteroatoms. The second kappa shape index (κ2) is 8.98. The number of aliphatic hydroxyl groups is 1. The number of amides is 1. The second-order valence-electron chi connectivity index (χ2n) is 5.96. The highest BCUT2D eigenvalue weighted by atomic mass is 16.6. The number of aromatic amines is 1. The number of hydrogen-bond donors (Lipinski definition) is 4. The van der Waals surface area contributed by atoms with Crippen LogP contribution in [0.4, 0.5) is 10.7 Å². The Hall–Kier alpha value is -3.43. The zero-order valence-electron chi connectivity index (χ0n) is 15.5. The van der Waals surface area contributed by atoms with Gasteiger partial charge in [0.1, 0.15) is 0 Å². The van der Waals surface area contributed by atoms with Gasteiger partial charge in [0.05, 0.1) is 25.5 Å². The molecule has 2 heterocycles. The van der Waals surface area contributed by atoms with Crippen LogP contribution in [0.25, 0.3) is 11.3 Å². The Labute approximate surface area is 161 Å². The molecule has 28 heavy (non-hydrogen) atoms. The predicted octanol–water partition coefficient (Wildman–Crippen LogP) is 2.58. The largest absolute Gasteiger partial charge is 0.414 e. The Kier molecular flexibility index (Phi) is 6.20. The van der Waals surface area contributed by atoms with Crippen LogP contribution in [-0.4, -0.2) is 39.9 Å². The number of nitrogens with zero attached hydrogens (tertiary/aromatic N) is 2. The first kappa shape index (κ1) is 19.3. The van der Waals surface area contributed by atoms with E-state index in [0.717, 1.165) is 16.7 Å². The molecule has 0 bridgehead atoms. The summed E-state index contributed by atoms with van der Waals surface area (Å²) in [6, 6.07) is 10.3. The second-order valence-corrected chi connectivity index (χ2v) is 5.96. The zero-order valence-corrected chi connectivity index (χ0v) is 15.5. The fourth-order valence-electron chi connectivity index (χ4n) is 2.64. The Balaban J connectivity index is 1.69. The van der Waals surface area contributed by atoms with Crippen LogP contribution >= 0.6 is 0 Å². The van der Waals surface area contributed by atoms with E-state index in [4.69, 9.17) is 9.57 Å². The number of nitrogens with one attached hydrogen (secondary N) is 3. The van der Waals surface area contributed by atoms with E-state index in [0.29, 0.717) is 11.6 Å². The number of anilines is 1. The monoisotopic (exact) mass is 383 g/mol. The summed E-state index contributed by atoms with van der Waals surface area (Å²) in [7, 11) is 1.47. The molecule has 0 aliphatic rings. The molecular formula is C19H21N5O4. The molecule has 1 atom stereocenters. The van der Waals surface area contributed by atoms with Gasteiger partial charge in [-0.2, -0.15) is 0 Å². The molecule has 0 saturated carbocycles. The molecule has 2 aromatic heterocycles. The molecule has 1 aromatic carbocycles. The summed E-state index contributed by atoms with van der Waals surface area (Å²) < 4.78 is 5.29. The van der Waals surface area contributed by atoms with Crippen molar-refractivity contribution in [2.75, 3.05) is 19.2 Å². The maximum atomic E-state index is 12.2. The summed E-state index contributed by atoms with van der Waals surface area (Å²) in [5, 5.41) is 12.2. The lowest BCUT2D eigenvalue weighted by Crippen LogP contribution is -2.33. The molecule has 1 unspecified atom stereocenters. The average Bonchev–Trinajstić information content (AvgIpc) is 3.16. The van der Waals surface area contributed by atoms with E-state index >= 15 is 0 Å². The summed E-state index contributed by atoms with van der Waals surface area (Å²) in [6.45, 7) is 1.63. The lowest BCUT2D eigenvalue weighted by molar-refractivity contribution is 0.182. The van der Waals surface area contributed by atoms with Crippen molar-refractivity contribution in [1.82, 2.24) is 20.3 Å². The molecule has 146 valence electrons. The molecule has 0 spiro atoms. The summed E-state index contributed by atoms with van der Waals surface area (Å²) in [6.07, 6.45) is 2.66. The summed E-state index contributed by atoms with van der Waals surface area (Å²) in [5.74, 6) is 0.565. The Morgan fingerprint density at radius 3 is 2.82 bits per heavy atom. The van der Waals surface area contributed by atoms with Crippen LogP contribution in [0.5, 0.6) is 5.88 Å². The number of carbonyl (C=O) groups excluding carboxylic acids is 1. The third-order valence-electron chi connectivity index (χ3n) is 3.97. The van der Waals surface area contributed by atoms with Crippen LogP contribution in [-0.2, 0) is 4.84 Å². The molecule has 3 aromatic rings. The van der Waals surface area contributed by atoms with Crippen molar-refractivity contribution in [3.63, 3.8) is 0 Å². The van der Waals surface area contributed by atoms with Crippen LogP contribution in [0, 0.1) is 6.92 Å². The third kappa shape index (κ3) is 4.64. The van der Waals surface area contributed by atoms with Gasteiger partial charge in [0.2, 0.25) is 11.8 Å². The Morgan fingerprint density at radius 1 is 1.32 bits per heavy atom. The Morgan fingerprint density at radius 2 is 2.11 bits per heavy atom. The van der Waals surface area contributed by atoms with Crippen molar-refractivity contribution in [1.29, 1.82) is 0 Å². The maximum absolute atomic E-state index is 12.2. The van der Waals surface area contributed by atoms with Gasteiger partial charge in [-0.15, -0.1) is 0 Å². The normalized spacial score (nSPS) is 11.7. The van der Waals surface area contributed by atoms with E-state index in [1.807, 2.05) is 37.3 Å². The van der Waals surface area contributed by atoms with E-state index in [1.165, 1.54) is 7.11 Å². The van der Waals surface area contributed by atoms with Crippen LogP contribution in [0.15, 0.2) is 48.8 Å². The van der Waals surface area contributed by atoms with Crippen LogP contribution in [0.1, 0.15) is 17.2 Å². The fraction of sp³-hybridized carbons (Fsp3) is 0.211. The number of carbonyl (C=O) groups is 1. The summed E-state index contributed by atoms with van der Waals surface area (Å²) >= 11 is 0. The third-order valence-corrected chi connectivity index (χ3v) is 3.97. The van der Waals surface area contributed by atoms with Crippen LogP contribution < -0.4 is 15.5 Å². The van der Waals surface area contributed by atoms with E-state index in [9.17, 15) is 9.90 Å². The number of aryl methyl sites for hydroxylation is 1. The highest BCUT2D eigenvalue weighted by molar-refractivity contribution is 5.72. The number of hydrogen-bond acceptors (Lipinski definition) is 7.